The number of hydrogen-bond donors (Lipinski definition) is 1. The summed E-state index contributed by atoms with van der Waals surface area (Å²) >= 11 is 0. The molecule has 0 atom stereocenters. The van der Waals surface area contributed by atoms with Gasteiger partial charge in [0.2, 0.25) is 6.20 Å². The Kier molecular flexibility index (Phi) is 2.70. The number of rotatable bonds is 2. The smallest absolute Gasteiger partial charge is 0.242 e. The van der Waals surface area contributed by atoms with Crippen molar-refractivity contribution in [2.45, 2.75) is 0 Å². The maximum Gasteiger partial charge on any atom is 0.242 e. The molecule has 88 valence electrons. The average Bonchev–Trinajstić information content (AvgIpc) is 2.27. The van der Waals surface area contributed by atoms with Crippen molar-refractivity contribution in [2.75, 3.05) is 7.11 Å². The van der Waals surface area contributed by atoms with Crippen molar-refractivity contribution in [1.29, 1.82) is 0 Å². The minimum absolute atomic E-state index is 0.110. The monoisotopic (exact) mass is 234 g/mol. The molecular formula is C11H10N2O4. The zero-order chi connectivity index (χ0) is 12.4. The molecule has 0 bridgehead atoms. The topological polar surface area (TPSA) is 87.6 Å². The van der Waals surface area contributed by atoms with Crippen LogP contribution in [-0.2, 0) is 0 Å². The molecule has 6 nitrogen and oxygen atoms in total. The van der Waals surface area contributed by atoms with E-state index in [0.717, 1.165) is 6.20 Å². The molecule has 1 aromatic rings. The Bertz CT molecular complexity index is 534. The fourth-order valence-corrected chi connectivity index (χ4v) is 1.56. The molecule has 0 saturated carbocycles. The molecule has 0 fully saturated rings. The number of nitrogens with zero attached hydrogens (tertiary/aromatic N) is 1. The molecule has 0 amide bonds. The molecule has 1 heterocycles. The van der Waals surface area contributed by atoms with Gasteiger partial charge in [-0.15, -0.1) is 0 Å². The van der Waals surface area contributed by atoms with Gasteiger partial charge in [-0.05, 0) is 12.1 Å². The number of allylic oxidation sites excluding steroid dienone is 2. The highest BCUT2D eigenvalue weighted by atomic mass is 16.6. The Balaban J connectivity index is 2.53. The average molecular weight is 234 g/mol. The van der Waals surface area contributed by atoms with Crippen LogP contribution in [0.1, 0.15) is 5.56 Å². The van der Waals surface area contributed by atoms with E-state index in [2.05, 4.69) is 0 Å². The Morgan fingerprint density at radius 3 is 2.94 bits per heavy atom. The largest absolute Gasteiger partial charge is 0.497 e. The fourth-order valence-electron chi connectivity index (χ4n) is 1.56. The third kappa shape index (κ3) is 2.20. The molecule has 17 heavy (non-hydrogen) atoms. The first-order chi connectivity index (χ1) is 8.10. The van der Waals surface area contributed by atoms with Gasteiger partial charge in [0.25, 0.3) is 0 Å². The van der Waals surface area contributed by atoms with Crippen molar-refractivity contribution < 1.29 is 14.4 Å². The molecule has 2 rings (SSSR count). The summed E-state index contributed by atoms with van der Waals surface area (Å²) in [4.78, 5) is 9.97. The fraction of sp³-hybridized carbons (Fsp3) is 0.0909. The highest BCUT2D eigenvalue weighted by Crippen LogP contribution is 2.35. The molecular weight excluding hydrogens is 224 g/mol. The molecule has 0 aliphatic carbocycles. The molecule has 2 N–H and O–H groups in total. The van der Waals surface area contributed by atoms with E-state index in [0.29, 0.717) is 22.6 Å². The summed E-state index contributed by atoms with van der Waals surface area (Å²) < 4.78 is 10.3. The lowest BCUT2D eigenvalue weighted by Crippen LogP contribution is -2.11. The van der Waals surface area contributed by atoms with Crippen LogP contribution in [0.5, 0.6) is 11.5 Å². The van der Waals surface area contributed by atoms with E-state index in [1.165, 1.54) is 13.2 Å². The minimum Gasteiger partial charge on any atom is -0.497 e. The number of methoxy groups -OCH3 is 1. The first-order valence-electron chi connectivity index (χ1n) is 4.79. The van der Waals surface area contributed by atoms with Crippen LogP contribution in [-0.4, -0.2) is 12.0 Å². The van der Waals surface area contributed by atoms with Gasteiger partial charge in [0, 0.05) is 17.7 Å². The summed E-state index contributed by atoms with van der Waals surface area (Å²) in [6.07, 6.45) is 2.30. The molecule has 0 spiro atoms. The van der Waals surface area contributed by atoms with Crippen LogP contribution in [0.15, 0.2) is 36.4 Å². The molecule has 0 unspecified atom stereocenters. The lowest BCUT2D eigenvalue weighted by Gasteiger charge is -2.17. The van der Waals surface area contributed by atoms with Gasteiger partial charge in [-0.3, -0.25) is 10.1 Å². The molecule has 1 aliphatic heterocycles. The van der Waals surface area contributed by atoms with Crippen LogP contribution in [0, 0.1) is 10.1 Å². The summed E-state index contributed by atoms with van der Waals surface area (Å²) in [7, 11) is 1.53. The molecule has 1 aromatic carbocycles. The Morgan fingerprint density at radius 1 is 1.53 bits per heavy atom. The van der Waals surface area contributed by atoms with Gasteiger partial charge in [0.05, 0.1) is 17.6 Å². The maximum atomic E-state index is 10.5. The predicted octanol–water partition coefficient (Wildman–Crippen LogP) is 1.51. The van der Waals surface area contributed by atoms with E-state index in [-0.39, 0.29) is 5.88 Å². The van der Waals surface area contributed by atoms with Gasteiger partial charge in [0.15, 0.2) is 5.88 Å². The van der Waals surface area contributed by atoms with Crippen molar-refractivity contribution in [3.63, 3.8) is 0 Å². The Labute approximate surface area is 97.1 Å². The summed E-state index contributed by atoms with van der Waals surface area (Å²) in [6.45, 7) is 0. The molecule has 1 aliphatic rings. The van der Waals surface area contributed by atoms with E-state index in [1.807, 2.05) is 0 Å². The molecule has 0 radical (unpaired) electrons. The van der Waals surface area contributed by atoms with E-state index < -0.39 is 4.92 Å². The number of fused-ring (bicyclic) bond motifs is 1. The highest BCUT2D eigenvalue weighted by molar-refractivity contribution is 5.79. The molecule has 0 saturated heterocycles. The van der Waals surface area contributed by atoms with Crippen molar-refractivity contribution in [3.8, 4) is 11.5 Å². The summed E-state index contributed by atoms with van der Waals surface area (Å²) in [5.74, 6) is 1.15. The minimum atomic E-state index is -0.529. The Morgan fingerprint density at radius 2 is 2.29 bits per heavy atom. The number of ether oxygens (including phenoxy) is 2. The quantitative estimate of drug-likeness (QED) is 0.618. The lowest BCUT2D eigenvalue weighted by molar-refractivity contribution is -0.401. The lowest BCUT2D eigenvalue weighted by atomic mass is 10.0. The SMILES string of the molecule is COc1ccc2c(c1)OC(N)=C/C2=C\[N+](=O)[O-]. The van der Waals surface area contributed by atoms with Gasteiger partial charge in [-0.25, -0.2) is 0 Å². The maximum absolute atomic E-state index is 10.5. The molecule has 6 heteroatoms. The van der Waals surface area contributed by atoms with E-state index in [1.54, 1.807) is 18.2 Å². The molecule has 0 aromatic heterocycles. The first kappa shape index (κ1) is 11.0. The van der Waals surface area contributed by atoms with Crippen molar-refractivity contribution in [2.24, 2.45) is 5.73 Å². The van der Waals surface area contributed by atoms with Gasteiger partial charge in [-0.2, -0.15) is 0 Å². The van der Waals surface area contributed by atoms with Gasteiger partial charge < -0.3 is 15.2 Å². The Hall–Kier alpha value is -2.50. The second-order valence-electron chi connectivity index (χ2n) is 3.38. The van der Waals surface area contributed by atoms with E-state index in [4.69, 9.17) is 15.2 Å². The predicted molar refractivity (Wildman–Crippen MR) is 60.9 cm³/mol. The highest BCUT2D eigenvalue weighted by Gasteiger charge is 2.18. The van der Waals surface area contributed by atoms with Gasteiger partial charge in [-0.1, -0.05) is 0 Å². The van der Waals surface area contributed by atoms with Crippen molar-refractivity contribution in [1.82, 2.24) is 0 Å². The van der Waals surface area contributed by atoms with Gasteiger partial charge >= 0.3 is 0 Å². The van der Waals surface area contributed by atoms with Crippen LogP contribution in [0.3, 0.4) is 0 Å². The third-order valence-corrected chi connectivity index (χ3v) is 2.27. The van der Waals surface area contributed by atoms with E-state index in [9.17, 15) is 10.1 Å². The van der Waals surface area contributed by atoms with Crippen molar-refractivity contribution >= 4 is 5.57 Å². The van der Waals surface area contributed by atoms with E-state index >= 15 is 0 Å². The number of nitrogens with two attached hydrogens (primary N) is 1. The number of hydrogen-bond acceptors (Lipinski definition) is 5. The second kappa shape index (κ2) is 4.17. The van der Waals surface area contributed by atoms with Crippen LogP contribution in [0.25, 0.3) is 5.57 Å². The summed E-state index contributed by atoms with van der Waals surface area (Å²) in [6, 6.07) is 5.01. The van der Waals surface area contributed by atoms with Gasteiger partial charge in [0.1, 0.15) is 11.5 Å². The van der Waals surface area contributed by atoms with Crippen molar-refractivity contribution in [3.05, 3.63) is 52.0 Å². The van der Waals surface area contributed by atoms with Crippen LogP contribution >= 0.6 is 0 Å². The zero-order valence-corrected chi connectivity index (χ0v) is 9.04. The van der Waals surface area contributed by atoms with Crippen LogP contribution < -0.4 is 15.2 Å². The summed E-state index contributed by atoms with van der Waals surface area (Å²) in [5.41, 5.74) is 6.55. The number of nitro groups is 1. The van der Waals surface area contributed by atoms with Crippen LogP contribution in [0.2, 0.25) is 0 Å². The third-order valence-electron chi connectivity index (χ3n) is 2.27. The standard InChI is InChI=1S/C11H10N2O4/c1-16-8-2-3-9-7(6-13(14)15)4-11(12)17-10(9)5-8/h2-6H,12H2,1H3/b7-6+. The van der Waals surface area contributed by atoms with Crippen LogP contribution in [0.4, 0.5) is 0 Å². The normalized spacial score (nSPS) is 15.8. The first-order valence-corrected chi connectivity index (χ1v) is 4.79. The zero-order valence-electron chi connectivity index (χ0n) is 9.04. The second-order valence-corrected chi connectivity index (χ2v) is 3.38. The summed E-state index contributed by atoms with van der Waals surface area (Å²) in [5, 5.41) is 10.5. The number of benzene rings is 1.